The van der Waals surface area contributed by atoms with Gasteiger partial charge in [0, 0.05) is 25.9 Å². The monoisotopic (exact) mass is 581 g/mol. The van der Waals surface area contributed by atoms with Gasteiger partial charge in [-0.25, -0.2) is 4.98 Å². The summed E-state index contributed by atoms with van der Waals surface area (Å²) in [5.74, 6) is -1.85. The van der Waals surface area contributed by atoms with Gasteiger partial charge in [-0.3, -0.25) is 24.0 Å². The fraction of sp³-hybridized carbons (Fsp3) is 0.600. The third-order valence-electron chi connectivity index (χ3n) is 9.04. The number of hydrogen-bond donors (Lipinski definition) is 3. The number of piperidine rings is 1. The second-order valence-electron chi connectivity index (χ2n) is 13.3. The minimum atomic E-state index is -0.969. The molecule has 0 unspecified atom stereocenters. The number of hydrogen-bond acceptors (Lipinski definition) is 7. The molecule has 0 radical (unpaired) electrons. The first kappa shape index (κ1) is 29.2. The van der Waals surface area contributed by atoms with Crippen molar-refractivity contribution in [2.24, 2.45) is 28.6 Å². The average Bonchev–Trinajstić information content (AvgIpc) is 3.40. The van der Waals surface area contributed by atoms with Crippen LogP contribution in [0.25, 0.3) is 10.2 Å². The lowest BCUT2D eigenvalue weighted by Gasteiger charge is -2.37. The summed E-state index contributed by atoms with van der Waals surface area (Å²) in [5.41, 5.74) is -0.0133. The highest BCUT2D eigenvalue weighted by molar-refractivity contribution is 7.20. The topological polar surface area (TPSA) is 138 Å². The van der Waals surface area contributed by atoms with Crippen molar-refractivity contribution in [1.82, 2.24) is 25.8 Å². The van der Waals surface area contributed by atoms with Crippen LogP contribution in [0, 0.1) is 28.6 Å². The number of para-hydroxylation sites is 1. The lowest BCUT2D eigenvalue weighted by molar-refractivity contribution is -0.145. The first-order valence-corrected chi connectivity index (χ1v) is 15.1. The molecule has 41 heavy (non-hydrogen) atoms. The molecule has 3 N–H and O–H groups in total. The standard InChI is InChI=1S/C30H39N5O5S/c1-15(36)32-24(29(2,3)4)28(40)35-14-17-21(30(17,5)6)22(35)26(39)33-19(13-16-11-12-31-25(16)38)23(37)27-34-18-9-7-8-10-20(18)41-27/h7-10,16-17,19,21-22,24H,11-14H2,1-6H3,(H,31,38)(H,32,36)(H,33,39)/t16-,17-,19-,21-,22-,24+/m0/s1. The molecule has 1 aromatic heterocycles. The zero-order valence-electron chi connectivity index (χ0n) is 24.4. The molecule has 2 aliphatic heterocycles. The van der Waals surface area contributed by atoms with Crippen molar-refractivity contribution in [3.05, 3.63) is 29.3 Å². The molecular formula is C30H39N5O5S. The number of carbonyl (C=O) groups is 5. The number of carbonyl (C=O) groups excluding carboxylic acids is 5. The van der Waals surface area contributed by atoms with Crippen LogP contribution in [0.15, 0.2) is 24.3 Å². The van der Waals surface area contributed by atoms with Gasteiger partial charge in [0.2, 0.25) is 29.4 Å². The number of aromatic nitrogens is 1. The molecule has 4 amide bonds. The molecule has 0 bridgehead atoms. The highest BCUT2D eigenvalue weighted by atomic mass is 32.1. The number of rotatable bonds is 8. The Morgan fingerprint density at radius 3 is 2.49 bits per heavy atom. The van der Waals surface area contributed by atoms with Gasteiger partial charge in [-0.2, -0.15) is 0 Å². The summed E-state index contributed by atoms with van der Waals surface area (Å²) in [5, 5.41) is 8.83. The summed E-state index contributed by atoms with van der Waals surface area (Å²) in [4.78, 5) is 72.3. The minimum Gasteiger partial charge on any atom is -0.356 e. The zero-order valence-corrected chi connectivity index (χ0v) is 25.3. The van der Waals surface area contributed by atoms with Gasteiger partial charge in [0.15, 0.2) is 5.01 Å². The van der Waals surface area contributed by atoms with Gasteiger partial charge in [-0.1, -0.05) is 46.8 Å². The zero-order chi connectivity index (χ0) is 29.9. The Morgan fingerprint density at radius 2 is 1.88 bits per heavy atom. The first-order chi connectivity index (χ1) is 19.2. The van der Waals surface area contributed by atoms with Gasteiger partial charge in [0.25, 0.3) is 0 Å². The van der Waals surface area contributed by atoms with E-state index in [4.69, 9.17) is 0 Å². The Balaban J connectivity index is 1.43. The molecule has 10 nitrogen and oxygen atoms in total. The largest absolute Gasteiger partial charge is 0.356 e. The third-order valence-corrected chi connectivity index (χ3v) is 10.1. The summed E-state index contributed by atoms with van der Waals surface area (Å²) in [6.07, 6.45) is 0.731. The van der Waals surface area contributed by atoms with E-state index in [1.807, 2.05) is 45.0 Å². The van der Waals surface area contributed by atoms with Crippen LogP contribution < -0.4 is 16.0 Å². The van der Waals surface area contributed by atoms with E-state index in [2.05, 4.69) is 34.8 Å². The van der Waals surface area contributed by atoms with Gasteiger partial charge >= 0.3 is 0 Å². The molecule has 5 rings (SSSR count). The molecule has 3 heterocycles. The predicted molar refractivity (Wildman–Crippen MR) is 155 cm³/mol. The molecule has 220 valence electrons. The van der Waals surface area contributed by atoms with Crippen molar-refractivity contribution in [3.63, 3.8) is 0 Å². The Labute approximate surface area is 244 Å². The number of benzene rings is 1. The molecule has 1 saturated carbocycles. The summed E-state index contributed by atoms with van der Waals surface area (Å²) in [6.45, 7) is 12.1. The molecule has 0 spiro atoms. The number of fused-ring (bicyclic) bond motifs is 2. The molecule has 1 aromatic carbocycles. The minimum absolute atomic E-state index is 0.0719. The molecule has 3 aliphatic rings. The number of thiazole rings is 1. The van der Waals surface area contributed by atoms with Crippen LogP contribution in [-0.4, -0.2) is 70.5 Å². The number of Topliss-reactive ketones (excluding diaryl/α,β-unsaturated/α-hetero) is 1. The van der Waals surface area contributed by atoms with E-state index in [9.17, 15) is 24.0 Å². The fourth-order valence-electron chi connectivity index (χ4n) is 6.60. The van der Waals surface area contributed by atoms with E-state index in [1.165, 1.54) is 18.3 Å². The number of amides is 4. The van der Waals surface area contributed by atoms with Crippen LogP contribution in [-0.2, 0) is 19.2 Å². The Morgan fingerprint density at radius 1 is 1.17 bits per heavy atom. The van der Waals surface area contributed by atoms with Crippen molar-refractivity contribution in [2.45, 2.75) is 72.5 Å². The lowest BCUT2D eigenvalue weighted by atomic mass is 9.85. The van der Waals surface area contributed by atoms with E-state index in [1.54, 1.807) is 4.90 Å². The molecular weight excluding hydrogens is 542 g/mol. The van der Waals surface area contributed by atoms with E-state index in [0.717, 1.165) is 4.70 Å². The smallest absolute Gasteiger partial charge is 0.246 e. The average molecular weight is 582 g/mol. The number of nitrogens with one attached hydrogen (secondary N) is 3. The van der Waals surface area contributed by atoms with Crippen molar-refractivity contribution in [2.75, 3.05) is 13.1 Å². The van der Waals surface area contributed by atoms with E-state index < -0.39 is 35.4 Å². The Kier molecular flexibility index (Phi) is 7.46. The fourth-order valence-corrected chi connectivity index (χ4v) is 7.56. The number of ketones is 1. The van der Waals surface area contributed by atoms with E-state index in [0.29, 0.717) is 25.0 Å². The second-order valence-corrected chi connectivity index (χ2v) is 14.3. The lowest BCUT2D eigenvalue weighted by Crippen LogP contribution is -2.60. The van der Waals surface area contributed by atoms with Crippen LogP contribution in [0.5, 0.6) is 0 Å². The maximum Gasteiger partial charge on any atom is 0.246 e. The van der Waals surface area contributed by atoms with E-state index >= 15 is 0 Å². The van der Waals surface area contributed by atoms with Gasteiger partial charge in [-0.15, -0.1) is 11.3 Å². The third kappa shape index (κ3) is 5.48. The van der Waals surface area contributed by atoms with Crippen LogP contribution >= 0.6 is 11.3 Å². The SMILES string of the molecule is CC(=O)N[C@H](C(=O)N1C[C@H]2[C@@H]([C@H]1C(=O)N[C@@H](C[C@@H]1CCNC1=O)C(=O)c1nc3ccccc3s1)C2(C)C)C(C)(C)C. The second kappa shape index (κ2) is 10.5. The van der Waals surface area contributed by atoms with Crippen molar-refractivity contribution in [1.29, 1.82) is 0 Å². The number of likely N-dealkylation sites (tertiary alicyclic amines) is 1. The molecule has 3 fully saturated rings. The molecule has 11 heteroatoms. The molecule has 6 atom stereocenters. The summed E-state index contributed by atoms with van der Waals surface area (Å²) in [7, 11) is 0. The Hall–Kier alpha value is -3.34. The molecule has 2 saturated heterocycles. The van der Waals surface area contributed by atoms with Crippen molar-refractivity contribution in [3.8, 4) is 0 Å². The molecule has 2 aromatic rings. The summed E-state index contributed by atoms with van der Waals surface area (Å²) < 4.78 is 0.862. The Bertz CT molecular complexity index is 1380. The van der Waals surface area contributed by atoms with Crippen LogP contribution in [0.3, 0.4) is 0 Å². The van der Waals surface area contributed by atoms with E-state index in [-0.39, 0.29) is 52.2 Å². The maximum atomic E-state index is 14.1. The predicted octanol–water partition coefficient (Wildman–Crippen LogP) is 2.52. The molecule has 1 aliphatic carbocycles. The van der Waals surface area contributed by atoms with Gasteiger partial charge < -0.3 is 20.9 Å². The highest BCUT2D eigenvalue weighted by Crippen LogP contribution is 2.65. The van der Waals surface area contributed by atoms with Gasteiger partial charge in [-0.05, 0) is 47.6 Å². The summed E-state index contributed by atoms with van der Waals surface area (Å²) >= 11 is 1.26. The quantitative estimate of drug-likeness (QED) is 0.410. The highest BCUT2D eigenvalue weighted by Gasteiger charge is 2.69. The van der Waals surface area contributed by atoms with Crippen molar-refractivity contribution < 1.29 is 24.0 Å². The van der Waals surface area contributed by atoms with Crippen LogP contribution in [0.1, 0.15) is 64.2 Å². The van der Waals surface area contributed by atoms with Gasteiger partial charge in [0.05, 0.1) is 16.3 Å². The first-order valence-electron chi connectivity index (χ1n) is 14.3. The van der Waals surface area contributed by atoms with Gasteiger partial charge in [0.1, 0.15) is 12.1 Å². The number of nitrogens with zero attached hydrogens (tertiary/aromatic N) is 2. The normalized spacial score (nSPS) is 26.2. The summed E-state index contributed by atoms with van der Waals surface area (Å²) in [6, 6.07) is 4.88. The van der Waals surface area contributed by atoms with Crippen molar-refractivity contribution >= 4 is 51.0 Å². The maximum absolute atomic E-state index is 14.1. The van der Waals surface area contributed by atoms with Crippen LogP contribution in [0.4, 0.5) is 0 Å². The van der Waals surface area contributed by atoms with Crippen LogP contribution in [0.2, 0.25) is 0 Å².